The zero-order valence-corrected chi connectivity index (χ0v) is 14.4. The third kappa shape index (κ3) is 4.22. The Morgan fingerprint density at radius 2 is 2.27 bits per heavy atom. The quantitative estimate of drug-likeness (QED) is 0.636. The maximum atomic E-state index is 5.63. The molecule has 0 aromatic carbocycles. The van der Waals surface area contributed by atoms with Crippen molar-refractivity contribution in [3.05, 3.63) is 17.0 Å². The molecule has 1 aliphatic heterocycles. The fraction of sp³-hybridized carbons (Fsp3) is 0.750. The summed E-state index contributed by atoms with van der Waals surface area (Å²) >= 11 is 0. The van der Waals surface area contributed by atoms with Crippen molar-refractivity contribution in [3.63, 3.8) is 0 Å². The Hall–Kier alpha value is -1.56. The molecule has 2 rings (SSSR count). The minimum Gasteiger partial charge on any atom is -0.376 e. The van der Waals surface area contributed by atoms with Crippen LogP contribution in [0, 0.1) is 13.8 Å². The van der Waals surface area contributed by atoms with Crippen LogP contribution in [0.15, 0.2) is 4.99 Å². The standard InChI is InChI=1S/C16H29N5O/c1-11(9-15-12(2)20-21(5)13(15)3)19-16(17-4)18-10-14-7-6-8-22-14/h11,14H,6-10H2,1-5H3,(H2,17,18,19). The van der Waals surface area contributed by atoms with Gasteiger partial charge in [-0.2, -0.15) is 5.10 Å². The van der Waals surface area contributed by atoms with Crippen LogP contribution in [0.1, 0.15) is 36.7 Å². The molecule has 0 amide bonds. The van der Waals surface area contributed by atoms with Crippen LogP contribution in [0.25, 0.3) is 0 Å². The highest BCUT2D eigenvalue weighted by Gasteiger charge is 2.17. The molecule has 0 bridgehead atoms. The van der Waals surface area contributed by atoms with Gasteiger partial charge in [0.25, 0.3) is 0 Å². The first kappa shape index (κ1) is 16.8. The molecule has 0 spiro atoms. The number of hydrogen-bond donors (Lipinski definition) is 2. The monoisotopic (exact) mass is 307 g/mol. The third-order valence-electron chi connectivity index (χ3n) is 4.30. The van der Waals surface area contributed by atoms with Crippen molar-refractivity contribution in [1.82, 2.24) is 20.4 Å². The van der Waals surface area contributed by atoms with Gasteiger partial charge in [0.05, 0.1) is 11.8 Å². The Morgan fingerprint density at radius 1 is 1.50 bits per heavy atom. The Kier molecular flexibility index (Phi) is 5.83. The van der Waals surface area contributed by atoms with Gasteiger partial charge in [-0.15, -0.1) is 0 Å². The van der Waals surface area contributed by atoms with Gasteiger partial charge < -0.3 is 15.4 Å². The summed E-state index contributed by atoms with van der Waals surface area (Å²) in [5.74, 6) is 0.835. The Morgan fingerprint density at radius 3 is 2.82 bits per heavy atom. The van der Waals surface area contributed by atoms with Crippen molar-refractivity contribution in [2.24, 2.45) is 12.0 Å². The molecule has 1 aromatic rings. The molecule has 22 heavy (non-hydrogen) atoms. The second kappa shape index (κ2) is 7.63. The Balaban J connectivity index is 1.85. The van der Waals surface area contributed by atoms with Gasteiger partial charge in [-0.25, -0.2) is 0 Å². The van der Waals surface area contributed by atoms with Gasteiger partial charge in [0, 0.05) is 39.0 Å². The van der Waals surface area contributed by atoms with Crippen LogP contribution in [0.5, 0.6) is 0 Å². The zero-order valence-electron chi connectivity index (χ0n) is 14.4. The van der Waals surface area contributed by atoms with Crippen molar-refractivity contribution in [1.29, 1.82) is 0 Å². The first-order valence-corrected chi connectivity index (χ1v) is 8.09. The largest absolute Gasteiger partial charge is 0.376 e. The lowest BCUT2D eigenvalue weighted by Gasteiger charge is -2.19. The first-order valence-electron chi connectivity index (χ1n) is 8.09. The highest BCUT2D eigenvalue weighted by Crippen LogP contribution is 2.14. The minimum atomic E-state index is 0.289. The number of guanidine groups is 1. The van der Waals surface area contributed by atoms with E-state index < -0.39 is 0 Å². The van der Waals surface area contributed by atoms with Gasteiger partial charge in [-0.05, 0) is 45.6 Å². The molecule has 2 atom stereocenters. The van der Waals surface area contributed by atoms with Gasteiger partial charge >= 0.3 is 0 Å². The molecule has 1 aromatic heterocycles. The summed E-state index contributed by atoms with van der Waals surface area (Å²) in [6.07, 6.45) is 3.55. The first-order chi connectivity index (χ1) is 10.5. The van der Waals surface area contributed by atoms with Gasteiger partial charge in [0.2, 0.25) is 0 Å². The Bertz CT molecular complexity index is 517. The molecule has 6 nitrogen and oxygen atoms in total. The molecule has 1 saturated heterocycles. The number of ether oxygens (including phenoxy) is 1. The van der Waals surface area contributed by atoms with Crippen LogP contribution >= 0.6 is 0 Å². The zero-order chi connectivity index (χ0) is 16.1. The third-order valence-corrected chi connectivity index (χ3v) is 4.30. The van der Waals surface area contributed by atoms with Crippen molar-refractivity contribution >= 4 is 5.96 Å². The number of nitrogens with zero attached hydrogens (tertiary/aromatic N) is 3. The summed E-state index contributed by atoms with van der Waals surface area (Å²) in [6.45, 7) is 8.06. The maximum absolute atomic E-state index is 5.63. The molecular formula is C16H29N5O. The molecule has 6 heteroatoms. The molecule has 1 aliphatic rings. The minimum absolute atomic E-state index is 0.289. The van der Waals surface area contributed by atoms with E-state index in [9.17, 15) is 0 Å². The maximum Gasteiger partial charge on any atom is 0.191 e. The van der Waals surface area contributed by atoms with Crippen LogP contribution in [0.4, 0.5) is 0 Å². The second-order valence-electron chi connectivity index (χ2n) is 6.11. The lowest BCUT2D eigenvalue weighted by molar-refractivity contribution is 0.113. The summed E-state index contributed by atoms with van der Waals surface area (Å²) < 4.78 is 7.57. The van der Waals surface area contributed by atoms with E-state index in [4.69, 9.17) is 4.74 Å². The SMILES string of the molecule is CN=C(NCC1CCCO1)NC(C)Cc1c(C)nn(C)c1C. The molecule has 0 aliphatic carbocycles. The molecule has 0 radical (unpaired) electrons. The number of nitrogens with one attached hydrogen (secondary N) is 2. The summed E-state index contributed by atoms with van der Waals surface area (Å²) in [4.78, 5) is 4.30. The normalized spacial score (nSPS) is 20.2. The molecule has 124 valence electrons. The van der Waals surface area contributed by atoms with Crippen molar-refractivity contribution in [3.8, 4) is 0 Å². The summed E-state index contributed by atoms with van der Waals surface area (Å²) in [5.41, 5.74) is 3.65. The van der Waals surface area contributed by atoms with Crippen molar-refractivity contribution in [2.45, 2.75) is 52.2 Å². The van der Waals surface area contributed by atoms with Gasteiger partial charge in [0.1, 0.15) is 0 Å². The van der Waals surface area contributed by atoms with Crippen LogP contribution in [0.3, 0.4) is 0 Å². The smallest absolute Gasteiger partial charge is 0.191 e. The highest BCUT2D eigenvalue weighted by atomic mass is 16.5. The summed E-state index contributed by atoms with van der Waals surface area (Å²) in [6, 6.07) is 0.289. The van der Waals surface area contributed by atoms with E-state index >= 15 is 0 Å². The topological polar surface area (TPSA) is 63.5 Å². The molecule has 0 saturated carbocycles. The van der Waals surface area contributed by atoms with Gasteiger partial charge in [-0.1, -0.05) is 0 Å². The fourth-order valence-corrected chi connectivity index (χ4v) is 2.91. The average Bonchev–Trinajstić information content (AvgIpc) is 3.08. The van der Waals surface area contributed by atoms with Crippen molar-refractivity contribution < 1.29 is 4.74 Å². The van der Waals surface area contributed by atoms with E-state index in [-0.39, 0.29) is 6.04 Å². The fourth-order valence-electron chi connectivity index (χ4n) is 2.91. The number of rotatable bonds is 5. The van der Waals surface area contributed by atoms with E-state index in [1.54, 1.807) is 7.05 Å². The predicted molar refractivity (Wildman–Crippen MR) is 89.3 cm³/mol. The van der Waals surface area contributed by atoms with Gasteiger partial charge in [0.15, 0.2) is 5.96 Å². The molecular weight excluding hydrogens is 278 g/mol. The van der Waals surface area contributed by atoms with E-state index in [2.05, 4.69) is 41.5 Å². The number of aryl methyl sites for hydroxylation is 2. The van der Waals surface area contributed by atoms with Gasteiger partial charge in [-0.3, -0.25) is 9.67 Å². The highest BCUT2D eigenvalue weighted by molar-refractivity contribution is 5.80. The predicted octanol–water partition coefficient (Wildman–Crippen LogP) is 1.31. The second-order valence-corrected chi connectivity index (χ2v) is 6.11. The van der Waals surface area contributed by atoms with Crippen molar-refractivity contribution in [2.75, 3.05) is 20.2 Å². The summed E-state index contributed by atoms with van der Waals surface area (Å²) in [5, 5.41) is 11.3. The van der Waals surface area contributed by atoms with Crippen LogP contribution in [-0.4, -0.2) is 48.1 Å². The number of hydrogen-bond acceptors (Lipinski definition) is 3. The molecule has 2 unspecified atom stereocenters. The lowest BCUT2D eigenvalue weighted by Crippen LogP contribution is -2.45. The van der Waals surface area contributed by atoms with E-state index in [0.717, 1.165) is 44.1 Å². The Labute approximate surface area is 133 Å². The van der Waals surface area contributed by atoms with Crippen LogP contribution < -0.4 is 10.6 Å². The van der Waals surface area contributed by atoms with E-state index in [0.29, 0.717) is 6.10 Å². The van der Waals surface area contributed by atoms with Crippen LogP contribution in [0.2, 0.25) is 0 Å². The molecule has 2 N–H and O–H groups in total. The van der Waals surface area contributed by atoms with E-state index in [1.165, 1.54) is 11.3 Å². The lowest BCUT2D eigenvalue weighted by atomic mass is 10.1. The summed E-state index contributed by atoms with van der Waals surface area (Å²) in [7, 11) is 3.80. The molecule has 1 fully saturated rings. The van der Waals surface area contributed by atoms with Crippen LogP contribution in [-0.2, 0) is 18.2 Å². The number of aromatic nitrogens is 2. The number of aliphatic imine (C=N–C) groups is 1. The van der Waals surface area contributed by atoms with E-state index in [1.807, 2.05) is 11.7 Å². The average molecular weight is 307 g/mol. The molecule has 2 heterocycles.